The highest BCUT2D eigenvalue weighted by atomic mass is 16.5. The van der Waals surface area contributed by atoms with Crippen LogP contribution in [0.4, 0.5) is 0 Å². The van der Waals surface area contributed by atoms with E-state index in [1.807, 2.05) is 20.8 Å². The molecule has 1 aromatic rings. The molecule has 1 aromatic carbocycles. The van der Waals surface area contributed by atoms with Crippen LogP contribution in [0.2, 0.25) is 0 Å². The van der Waals surface area contributed by atoms with Crippen LogP contribution in [0.25, 0.3) is 0 Å². The number of carbonyl (C=O) groups excluding carboxylic acids is 1. The molecule has 3 nitrogen and oxygen atoms in total. The highest BCUT2D eigenvalue weighted by Crippen LogP contribution is 2.22. The lowest BCUT2D eigenvalue weighted by atomic mass is 10.1. The lowest BCUT2D eigenvalue weighted by Gasteiger charge is -2.20. The van der Waals surface area contributed by atoms with Gasteiger partial charge in [0, 0.05) is 11.1 Å². The third-order valence-electron chi connectivity index (χ3n) is 2.10. The van der Waals surface area contributed by atoms with Crippen molar-refractivity contribution < 1.29 is 14.3 Å². The number of methoxy groups -OCH3 is 1. The zero-order valence-corrected chi connectivity index (χ0v) is 10.2. The van der Waals surface area contributed by atoms with Gasteiger partial charge in [0.2, 0.25) is 0 Å². The van der Waals surface area contributed by atoms with E-state index in [4.69, 9.17) is 9.47 Å². The summed E-state index contributed by atoms with van der Waals surface area (Å²) in [4.78, 5) is 10.7. The average molecular weight is 222 g/mol. The van der Waals surface area contributed by atoms with Crippen molar-refractivity contribution in [3.8, 4) is 5.75 Å². The van der Waals surface area contributed by atoms with Gasteiger partial charge >= 0.3 is 0 Å². The number of hydrogen-bond acceptors (Lipinski definition) is 3. The molecular formula is C13H18O3. The van der Waals surface area contributed by atoms with E-state index in [1.54, 1.807) is 25.3 Å². The summed E-state index contributed by atoms with van der Waals surface area (Å²) in [6.45, 7) is 6.41. The first-order chi connectivity index (χ1) is 7.46. The standard InChI is InChI=1S/C13H18O3/c1-13(2,3)16-9-11-7-10(8-14)5-6-12(11)15-4/h5-8H,9H2,1-4H3. The van der Waals surface area contributed by atoms with Gasteiger partial charge in [-0.2, -0.15) is 0 Å². The molecule has 3 heteroatoms. The van der Waals surface area contributed by atoms with Gasteiger partial charge < -0.3 is 9.47 Å². The Morgan fingerprint density at radius 3 is 2.50 bits per heavy atom. The van der Waals surface area contributed by atoms with Gasteiger partial charge in [-0.15, -0.1) is 0 Å². The van der Waals surface area contributed by atoms with Gasteiger partial charge in [-0.3, -0.25) is 4.79 Å². The Kier molecular flexibility index (Phi) is 4.07. The van der Waals surface area contributed by atoms with Gasteiger partial charge in [-0.1, -0.05) is 0 Å². The zero-order valence-electron chi connectivity index (χ0n) is 10.2. The highest BCUT2D eigenvalue weighted by Gasteiger charge is 2.12. The molecule has 0 bridgehead atoms. The fourth-order valence-corrected chi connectivity index (χ4v) is 1.28. The van der Waals surface area contributed by atoms with E-state index >= 15 is 0 Å². The molecule has 0 saturated heterocycles. The molecule has 0 spiro atoms. The maximum absolute atomic E-state index is 10.7. The summed E-state index contributed by atoms with van der Waals surface area (Å²) in [7, 11) is 1.61. The van der Waals surface area contributed by atoms with Crippen molar-refractivity contribution in [1.29, 1.82) is 0 Å². The first-order valence-corrected chi connectivity index (χ1v) is 5.22. The van der Waals surface area contributed by atoms with Crippen molar-refractivity contribution in [2.24, 2.45) is 0 Å². The predicted octanol–water partition coefficient (Wildman–Crippen LogP) is 2.82. The van der Waals surface area contributed by atoms with Gasteiger partial charge in [0.1, 0.15) is 12.0 Å². The molecule has 16 heavy (non-hydrogen) atoms. The number of carbonyl (C=O) groups is 1. The highest BCUT2D eigenvalue weighted by molar-refractivity contribution is 5.75. The molecule has 0 saturated carbocycles. The Morgan fingerprint density at radius 1 is 1.31 bits per heavy atom. The van der Waals surface area contributed by atoms with Crippen molar-refractivity contribution in [1.82, 2.24) is 0 Å². The van der Waals surface area contributed by atoms with Gasteiger partial charge in [-0.25, -0.2) is 0 Å². The number of hydrogen-bond donors (Lipinski definition) is 0. The third kappa shape index (κ3) is 3.66. The van der Waals surface area contributed by atoms with E-state index in [1.165, 1.54) is 0 Å². The number of rotatable bonds is 4. The molecule has 1 rings (SSSR count). The minimum Gasteiger partial charge on any atom is -0.496 e. The van der Waals surface area contributed by atoms with Gasteiger partial charge in [0.05, 0.1) is 19.3 Å². The molecule has 0 N–H and O–H groups in total. The van der Waals surface area contributed by atoms with E-state index < -0.39 is 0 Å². The Bertz CT molecular complexity index is 364. The normalized spacial score (nSPS) is 11.2. The van der Waals surface area contributed by atoms with Gasteiger partial charge in [0.15, 0.2) is 0 Å². The Balaban J connectivity index is 2.87. The van der Waals surface area contributed by atoms with Crippen LogP contribution in [0.1, 0.15) is 36.7 Å². The lowest BCUT2D eigenvalue weighted by molar-refractivity contribution is -0.0156. The van der Waals surface area contributed by atoms with Crippen LogP contribution in [-0.2, 0) is 11.3 Å². The molecule has 0 fully saturated rings. The van der Waals surface area contributed by atoms with Crippen LogP contribution in [0, 0.1) is 0 Å². The molecule has 0 aliphatic rings. The molecule has 0 aromatic heterocycles. The molecule has 0 amide bonds. The number of aldehydes is 1. The van der Waals surface area contributed by atoms with Crippen LogP contribution in [-0.4, -0.2) is 19.0 Å². The van der Waals surface area contributed by atoms with E-state index in [-0.39, 0.29) is 5.60 Å². The first-order valence-electron chi connectivity index (χ1n) is 5.22. The topological polar surface area (TPSA) is 35.5 Å². The second kappa shape index (κ2) is 5.12. The summed E-state index contributed by atoms with van der Waals surface area (Å²) in [5.41, 5.74) is 1.32. The molecule has 0 radical (unpaired) electrons. The van der Waals surface area contributed by atoms with E-state index in [0.717, 1.165) is 17.6 Å². The molecule has 0 heterocycles. The Labute approximate surface area is 96.4 Å². The van der Waals surface area contributed by atoms with Crippen LogP contribution >= 0.6 is 0 Å². The molecular weight excluding hydrogens is 204 g/mol. The van der Waals surface area contributed by atoms with Crippen molar-refractivity contribution >= 4 is 6.29 Å². The number of benzene rings is 1. The van der Waals surface area contributed by atoms with Crippen LogP contribution in [0.3, 0.4) is 0 Å². The summed E-state index contributed by atoms with van der Waals surface area (Å²) < 4.78 is 10.9. The zero-order chi connectivity index (χ0) is 12.2. The minimum atomic E-state index is -0.206. The van der Waals surface area contributed by atoms with Crippen molar-refractivity contribution in [3.63, 3.8) is 0 Å². The Hall–Kier alpha value is -1.35. The van der Waals surface area contributed by atoms with E-state index in [0.29, 0.717) is 12.2 Å². The molecule has 0 aliphatic carbocycles. The van der Waals surface area contributed by atoms with Gasteiger partial charge in [0.25, 0.3) is 0 Å². The molecule has 0 aliphatic heterocycles. The summed E-state index contributed by atoms with van der Waals surface area (Å²) in [6, 6.07) is 5.30. The minimum absolute atomic E-state index is 0.206. The summed E-state index contributed by atoms with van der Waals surface area (Å²) in [5, 5.41) is 0. The average Bonchev–Trinajstić information content (AvgIpc) is 2.25. The maximum Gasteiger partial charge on any atom is 0.150 e. The quantitative estimate of drug-likeness (QED) is 0.735. The monoisotopic (exact) mass is 222 g/mol. The Morgan fingerprint density at radius 2 is 2.00 bits per heavy atom. The summed E-state index contributed by atoms with van der Waals surface area (Å²) >= 11 is 0. The molecule has 88 valence electrons. The van der Waals surface area contributed by atoms with E-state index in [2.05, 4.69) is 0 Å². The second-order valence-electron chi connectivity index (χ2n) is 4.59. The molecule has 0 unspecified atom stereocenters. The largest absolute Gasteiger partial charge is 0.496 e. The maximum atomic E-state index is 10.7. The van der Waals surface area contributed by atoms with E-state index in [9.17, 15) is 4.79 Å². The van der Waals surface area contributed by atoms with Crippen LogP contribution < -0.4 is 4.74 Å². The van der Waals surface area contributed by atoms with Crippen LogP contribution in [0.5, 0.6) is 5.75 Å². The van der Waals surface area contributed by atoms with Crippen LogP contribution in [0.15, 0.2) is 18.2 Å². The number of ether oxygens (including phenoxy) is 2. The third-order valence-corrected chi connectivity index (χ3v) is 2.10. The first kappa shape index (κ1) is 12.7. The predicted molar refractivity (Wildman–Crippen MR) is 62.9 cm³/mol. The second-order valence-corrected chi connectivity index (χ2v) is 4.59. The summed E-state index contributed by atoms with van der Waals surface area (Å²) in [6.07, 6.45) is 0.819. The SMILES string of the molecule is COc1ccc(C=O)cc1COC(C)(C)C. The van der Waals surface area contributed by atoms with Gasteiger partial charge in [-0.05, 0) is 39.0 Å². The van der Waals surface area contributed by atoms with Crippen molar-refractivity contribution in [2.75, 3.05) is 7.11 Å². The fraction of sp³-hybridized carbons (Fsp3) is 0.462. The summed E-state index contributed by atoms with van der Waals surface area (Å²) in [5.74, 6) is 0.745. The van der Waals surface area contributed by atoms with Crippen molar-refractivity contribution in [3.05, 3.63) is 29.3 Å². The van der Waals surface area contributed by atoms with Crippen molar-refractivity contribution in [2.45, 2.75) is 33.0 Å². The smallest absolute Gasteiger partial charge is 0.150 e. The molecule has 0 atom stereocenters. The fourth-order valence-electron chi connectivity index (χ4n) is 1.28. The lowest BCUT2D eigenvalue weighted by Crippen LogP contribution is -2.19.